The minimum absolute atomic E-state index is 0.0682. The molecule has 0 saturated carbocycles. The summed E-state index contributed by atoms with van der Waals surface area (Å²) in [4.78, 5) is 15.2. The van der Waals surface area contributed by atoms with Gasteiger partial charge in [0.05, 0.1) is 0 Å². The lowest BCUT2D eigenvalue weighted by Crippen LogP contribution is -2.14. The zero-order valence-electron chi connectivity index (χ0n) is 12.5. The zero-order valence-corrected chi connectivity index (χ0v) is 12.5. The van der Waals surface area contributed by atoms with Crippen molar-refractivity contribution in [3.63, 3.8) is 0 Å². The van der Waals surface area contributed by atoms with Crippen molar-refractivity contribution < 1.29 is 18.7 Å². The topological polar surface area (TPSA) is 61.6 Å². The Morgan fingerprint density at radius 3 is 2.76 bits per heavy atom. The number of aromatic nitrogens is 1. The van der Waals surface area contributed by atoms with Crippen LogP contribution in [0.4, 0.5) is 0 Å². The van der Waals surface area contributed by atoms with E-state index in [1.165, 1.54) is 18.2 Å². The van der Waals surface area contributed by atoms with E-state index in [0.29, 0.717) is 0 Å². The molecule has 2 aromatic rings. The van der Waals surface area contributed by atoms with Crippen molar-refractivity contribution in [2.75, 3.05) is 13.2 Å². The molecule has 0 bridgehead atoms. The van der Waals surface area contributed by atoms with Gasteiger partial charge in [0.15, 0.2) is 12.1 Å². The van der Waals surface area contributed by atoms with Crippen LogP contribution in [0.3, 0.4) is 0 Å². The average Bonchev–Trinajstić information content (AvgIpc) is 2.97. The highest BCUT2D eigenvalue weighted by molar-refractivity contribution is 5.86. The van der Waals surface area contributed by atoms with Crippen LogP contribution in [0.2, 0.25) is 0 Å². The van der Waals surface area contributed by atoms with Gasteiger partial charge in [-0.05, 0) is 23.1 Å². The number of rotatable bonds is 5. The first-order valence-corrected chi connectivity index (χ1v) is 6.75. The van der Waals surface area contributed by atoms with Crippen LogP contribution in [-0.4, -0.2) is 24.2 Å². The molecule has 5 heteroatoms. The first-order valence-electron chi connectivity index (χ1n) is 6.75. The number of benzene rings is 1. The lowest BCUT2D eigenvalue weighted by Gasteiger charge is -2.19. The maximum absolute atomic E-state index is 11.5. The summed E-state index contributed by atoms with van der Waals surface area (Å²) in [5, 5.41) is 0. The standard InChI is InChI=1S/C16H19NO4/c1-16(2,3)12-5-4-6-13(9-12)20-7-8-21-15(18)14-10-19-11-17-14/h4-6,9-11H,7-8H2,1-3H3. The van der Waals surface area contributed by atoms with E-state index in [-0.39, 0.29) is 24.3 Å². The number of nitrogens with zero attached hydrogens (tertiary/aromatic N) is 1. The highest BCUT2D eigenvalue weighted by Crippen LogP contribution is 2.25. The van der Waals surface area contributed by atoms with Gasteiger partial charge < -0.3 is 13.9 Å². The average molecular weight is 289 g/mol. The van der Waals surface area contributed by atoms with Crippen molar-refractivity contribution >= 4 is 5.97 Å². The second-order valence-corrected chi connectivity index (χ2v) is 5.64. The highest BCUT2D eigenvalue weighted by atomic mass is 16.6. The number of oxazole rings is 1. The molecule has 0 saturated heterocycles. The van der Waals surface area contributed by atoms with E-state index in [1.807, 2.05) is 18.2 Å². The fourth-order valence-corrected chi connectivity index (χ4v) is 1.73. The maximum Gasteiger partial charge on any atom is 0.360 e. The van der Waals surface area contributed by atoms with E-state index in [2.05, 4.69) is 31.8 Å². The van der Waals surface area contributed by atoms with Gasteiger partial charge in [0.25, 0.3) is 0 Å². The van der Waals surface area contributed by atoms with Gasteiger partial charge >= 0.3 is 5.97 Å². The molecule has 0 radical (unpaired) electrons. The Balaban J connectivity index is 1.80. The molecular formula is C16H19NO4. The van der Waals surface area contributed by atoms with Crippen molar-refractivity contribution in [1.82, 2.24) is 4.98 Å². The van der Waals surface area contributed by atoms with Gasteiger partial charge in [-0.1, -0.05) is 32.9 Å². The number of esters is 1. The third-order valence-corrected chi connectivity index (χ3v) is 2.93. The van der Waals surface area contributed by atoms with Crippen LogP contribution in [0.15, 0.2) is 41.3 Å². The normalized spacial score (nSPS) is 11.2. The van der Waals surface area contributed by atoms with E-state index in [1.54, 1.807) is 0 Å². The molecule has 1 heterocycles. The Bertz CT molecular complexity index is 585. The molecule has 0 N–H and O–H groups in total. The number of hydrogen-bond acceptors (Lipinski definition) is 5. The largest absolute Gasteiger partial charge is 0.490 e. The summed E-state index contributed by atoms with van der Waals surface area (Å²) in [6, 6.07) is 7.91. The Morgan fingerprint density at radius 1 is 1.29 bits per heavy atom. The quantitative estimate of drug-likeness (QED) is 0.625. The monoisotopic (exact) mass is 289 g/mol. The van der Waals surface area contributed by atoms with Gasteiger partial charge in [-0.15, -0.1) is 0 Å². The highest BCUT2D eigenvalue weighted by Gasteiger charge is 2.14. The molecule has 21 heavy (non-hydrogen) atoms. The third-order valence-electron chi connectivity index (χ3n) is 2.93. The summed E-state index contributed by atoms with van der Waals surface area (Å²) >= 11 is 0. The van der Waals surface area contributed by atoms with Gasteiger partial charge in [0, 0.05) is 0 Å². The minimum Gasteiger partial charge on any atom is -0.490 e. The molecule has 0 amide bonds. The van der Waals surface area contributed by atoms with Gasteiger partial charge in [0.2, 0.25) is 0 Å². The number of carbonyl (C=O) groups excluding carboxylic acids is 1. The Morgan fingerprint density at radius 2 is 2.10 bits per heavy atom. The lowest BCUT2D eigenvalue weighted by atomic mass is 9.87. The first-order chi connectivity index (χ1) is 9.97. The van der Waals surface area contributed by atoms with Gasteiger partial charge in [0.1, 0.15) is 25.2 Å². The molecule has 2 rings (SSSR count). The summed E-state index contributed by atoms with van der Waals surface area (Å²) < 4.78 is 15.3. The maximum atomic E-state index is 11.5. The minimum atomic E-state index is -0.518. The Kier molecular flexibility index (Phi) is 4.62. The Labute approximate surface area is 123 Å². The third kappa shape index (κ3) is 4.34. The fourth-order valence-electron chi connectivity index (χ4n) is 1.73. The van der Waals surface area contributed by atoms with Crippen molar-refractivity contribution in [2.24, 2.45) is 0 Å². The number of hydrogen-bond donors (Lipinski definition) is 0. The first kappa shape index (κ1) is 15.1. The van der Waals surface area contributed by atoms with E-state index in [9.17, 15) is 4.79 Å². The molecule has 0 aliphatic rings. The Hall–Kier alpha value is -2.30. The van der Waals surface area contributed by atoms with Crippen LogP contribution in [0.25, 0.3) is 0 Å². The molecule has 0 aliphatic carbocycles. The van der Waals surface area contributed by atoms with Gasteiger partial charge in [-0.2, -0.15) is 0 Å². The molecule has 1 aromatic heterocycles. The van der Waals surface area contributed by atoms with Gasteiger partial charge in [-0.25, -0.2) is 9.78 Å². The SMILES string of the molecule is CC(C)(C)c1cccc(OCCOC(=O)c2cocn2)c1. The molecule has 1 aromatic carbocycles. The molecule has 112 valence electrons. The molecule has 0 unspecified atom stereocenters. The van der Waals surface area contributed by atoms with Crippen molar-refractivity contribution in [2.45, 2.75) is 26.2 Å². The zero-order chi connectivity index (χ0) is 15.3. The molecule has 0 aliphatic heterocycles. The molecule has 0 spiro atoms. The lowest BCUT2D eigenvalue weighted by molar-refractivity contribution is 0.0443. The molecule has 0 fully saturated rings. The van der Waals surface area contributed by atoms with Crippen LogP contribution >= 0.6 is 0 Å². The summed E-state index contributed by atoms with van der Waals surface area (Å²) in [6.07, 6.45) is 2.43. The number of ether oxygens (including phenoxy) is 2. The van der Waals surface area contributed by atoms with E-state index >= 15 is 0 Å². The molecule has 0 atom stereocenters. The smallest absolute Gasteiger partial charge is 0.360 e. The number of carbonyl (C=O) groups is 1. The van der Waals surface area contributed by atoms with E-state index in [0.717, 1.165) is 5.75 Å². The van der Waals surface area contributed by atoms with Crippen LogP contribution < -0.4 is 4.74 Å². The van der Waals surface area contributed by atoms with Crippen LogP contribution in [0.1, 0.15) is 36.8 Å². The summed E-state index contributed by atoms with van der Waals surface area (Å²) in [5.74, 6) is 0.246. The molecule has 5 nitrogen and oxygen atoms in total. The van der Waals surface area contributed by atoms with Crippen molar-refractivity contribution in [3.8, 4) is 5.75 Å². The fraction of sp³-hybridized carbons (Fsp3) is 0.375. The summed E-state index contributed by atoms with van der Waals surface area (Å²) in [5.41, 5.74) is 1.42. The van der Waals surface area contributed by atoms with Crippen molar-refractivity contribution in [1.29, 1.82) is 0 Å². The second-order valence-electron chi connectivity index (χ2n) is 5.64. The van der Waals surface area contributed by atoms with Crippen LogP contribution in [-0.2, 0) is 10.2 Å². The summed E-state index contributed by atoms with van der Waals surface area (Å²) in [7, 11) is 0. The van der Waals surface area contributed by atoms with Crippen LogP contribution in [0.5, 0.6) is 5.75 Å². The predicted molar refractivity (Wildman–Crippen MR) is 77.4 cm³/mol. The van der Waals surface area contributed by atoms with Crippen LogP contribution in [0, 0.1) is 0 Å². The predicted octanol–water partition coefficient (Wildman–Crippen LogP) is 3.21. The summed E-state index contributed by atoms with van der Waals surface area (Å²) in [6.45, 7) is 6.88. The van der Waals surface area contributed by atoms with Crippen molar-refractivity contribution in [3.05, 3.63) is 48.2 Å². The van der Waals surface area contributed by atoms with E-state index in [4.69, 9.17) is 13.9 Å². The second kappa shape index (κ2) is 6.43. The van der Waals surface area contributed by atoms with Gasteiger partial charge in [-0.3, -0.25) is 0 Å². The van der Waals surface area contributed by atoms with E-state index < -0.39 is 5.97 Å². The molecular weight excluding hydrogens is 270 g/mol.